The number of hydrogen-bond donors (Lipinski definition) is 1. The van der Waals surface area contributed by atoms with E-state index in [1.165, 1.54) is 12.1 Å². The number of nitro groups is 1. The van der Waals surface area contributed by atoms with Crippen LogP contribution in [0.4, 0.5) is 14.5 Å². The molecule has 1 N–H and O–H groups in total. The van der Waals surface area contributed by atoms with Gasteiger partial charge in [-0.15, -0.1) is 0 Å². The van der Waals surface area contributed by atoms with Gasteiger partial charge in [0.15, 0.2) is 5.56 Å². The molecule has 7 heteroatoms. The molecule has 0 saturated carbocycles. The Morgan fingerprint density at radius 1 is 1.20 bits per heavy atom. The third-order valence-corrected chi connectivity index (χ3v) is 2.67. The quantitative estimate of drug-likeness (QED) is 0.690. The fraction of sp³-hybridized carbons (Fsp3) is 0. The number of halogens is 2. The molecule has 5 nitrogen and oxygen atoms in total. The lowest BCUT2D eigenvalue weighted by atomic mass is 10.0. The van der Waals surface area contributed by atoms with Gasteiger partial charge in [0.25, 0.3) is 0 Å². The van der Waals surface area contributed by atoms with E-state index in [2.05, 4.69) is 0 Å². The van der Waals surface area contributed by atoms with Crippen molar-refractivity contribution in [1.82, 2.24) is 0 Å². The first-order chi connectivity index (χ1) is 9.43. The van der Waals surface area contributed by atoms with Crippen molar-refractivity contribution < 1.29 is 23.6 Å². The molecule has 0 aliphatic carbocycles. The van der Waals surface area contributed by atoms with E-state index in [-0.39, 0.29) is 11.1 Å². The van der Waals surface area contributed by atoms with Gasteiger partial charge in [-0.2, -0.15) is 4.39 Å². The molecule has 0 aromatic heterocycles. The highest BCUT2D eigenvalue weighted by molar-refractivity contribution is 5.94. The number of aromatic carboxylic acids is 1. The average molecular weight is 279 g/mol. The van der Waals surface area contributed by atoms with Crippen LogP contribution < -0.4 is 0 Å². The maximum atomic E-state index is 14.1. The van der Waals surface area contributed by atoms with Crippen LogP contribution in [0.15, 0.2) is 36.4 Å². The highest BCUT2D eigenvalue weighted by atomic mass is 19.1. The molecule has 0 atom stereocenters. The number of rotatable bonds is 3. The van der Waals surface area contributed by atoms with Gasteiger partial charge in [0.2, 0.25) is 5.82 Å². The van der Waals surface area contributed by atoms with Gasteiger partial charge in [0.1, 0.15) is 5.82 Å². The first-order valence-electron chi connectivity index (χ1n) is 5.38. The Hall–Kier alpha value is -2.83. The second-order valence-electron chi connectivity index (χ2n) is 3.87. The molecule has 0 saturated heterocycles. The lowest BCUT2D eigenvalue weighted by molar-refractivity contribution is -0.388. The maximum absolute atomic E-state index is 14.1. The molecule has 20 heavy (non-hydrogen) atoms. The zero-order valence-corrected chi connectivity index (χ0v) is 9.84. The average Bonchev–Trinajstić information content (AvgIpc) is 2.40. The van der Waals surface area contributed by atoms with Gasteiger partial charge in [0.05, 0.1) is 4.92 Å². The van der Waals surface area contributed by atoms with E-state index >= 15 is 0 Å². The molecule has 2 rings (SSSR count). The Morgan fingerprint density at radius 3 is 2.30 bits per heavy atom. The summed E-state index contributed by atoms with van der Waals surface area (Å²) in [5.41, 5.74) is -2.81. The Labute approximate surface area is 111 Å². The molecular weight excluding hydrogens is 272 g/mol. The number of nitro benzene ring substituents is 1. The highest BCUT2D eigenvalue weighted by Gasteiger charge is 2.32. The van der Waals surface area contributed by atoms with Crippen LogP contribution in [-0.2, 0) is 0 Å². The molecule has 2 aromatic rings. The fourth-order valence-corrected chi connectivity index (χ4v) is 1.82. The van der Waals surface area contributed by atoms with Gasteiger partial charge in [0, 0.05) is 5.56 Å². The first-order valence-corrected chi connectivity index (χ1v) is 5.38. The summed E-state index contributed by atoms with van der Waals surface area (Å²) in [6, 6.07) is 8.23. The van der Waals surface area contributed by atoms with Crippen molar-refractivity contribution in [2.24, 2.45) is 0 Å². The smallest absolute Gasteiger partial charge is 0.345 e. The van der Waals surface area contributed by atoms with Crippen molar-refractivity contribution in [3.8, 4) is 11.1 Å². The lowest BCUT2D eigenvalue weighted by Gasteiger charge is -2.07. The van der Waals surface area contributed by atoms with E-state index < -0.39 is 33.8 Å². The lowest BCUT2D eigenvalue weighted by Crippen LogP contribution is -2.09. The minimum atomic E-state index is -1.90. The zero-order chi connectivity index (χ0) is 14.9. The molecule has 2 aromatic carbocycles. The molecule has 0 spiro atoms. The minimum absolute atomic E-state index is 0.212. The van der Waals surface area contributed by atoms with E-state index in [0.717, 1.165) is 0 Å². The topological polar surface area (TPSA) is 80.4 Å². The number of carboxylic acid groups (broad SMARTS) is 1. The molecule has 0 unspecified atom stereocenters. The fourth-order valence-electron chi connectivity index (χ4n) is 1.82. The second kappa shape index (κ2) is 5.04. The van der Waals surface area contributed by atoms with Crippen molar-refractivity contribution >= 4 is 11.7 Å². The van der Waals surface area contributed by atoms with E-state index in [1.807, 2.05) is 0 Å². The summed E-state index contributed by atoms with van der Waals surface area (Å²) in [6.45, 7) is 0. The third kappa shape index (κ3) is 2.20. The van der Waals surface area contributed by atoms with Crippen LogP contribution in [0.25, 0.3) is 11.1 Å². The number of hydrogen-bond acceptors (Lipinski definition) is 3. The minimum Gasteiger partial charge on any atom is -0.477 e. The summed E-state index contributed by atoms with van der Waals surface area (Å²) in [4.78, 5) is 20.4. The van der Waals surface area contributed by atoms with Crippen LogP contribution in [0.1, 0.15) is 10.4 Å². The standard InChI is InChI=1S/C13H7F2NO4/c14-9-6-8(7-4-2-1-3-5-7)11(15)12(16(19)20)10(9)13(17)18/h1-6H,(H,17,18). The Morgan fingerprint density at radius 2 is 1.80 bits per heavy atom. The molecule has 0 heterocycles. The van der Waals surface area contributed by atoms with Crippen molar-refractivity contribution in [3.63, 3.8) is 0 Å². The van der Waals surface area contributed by atoms with Crippen molar-refractivity contribution in [2.45, 2.75) is 0 Å². The summed E-state index contributed by atoms with van der Waals surface area (Å²) >= 11 is 0. The maximum Gasteiger partial charge on any atom is 0.345 e. The highest BCUT2D eigenvalue weighted by Crippen LogP contribution is 2.34. The summed E-state index contributed by atoms with van der Waals surface area (Å²) in [6.07, 6.45) is 0. The zero-order valence-electron chi connectivity index (χ0n) is 9.84. The molecule has 0 aliphatic heterocycles. The molecule has 0 fully saturated rings. The van der Waals surface area contributed by atoms with Crippen LogP contribution >= 0.6 is 0 Å². The molecule has 0 radical (unpaired) electrons. The van der Waals surface area contributed by atoms with Gasteiger partial charge in [-0.05, 0) is 11.6 Å². The number of carboxylic acids is 1. The van der Waals surface area contributed by atoms with Crippen LogP contribution in [0, 0.1) is 21.7 Å². The number of benzene rings is 2. The summed E-state index contributed by atoms with van der Waals surface area (Å²) in [5, 5.41) is 19.6. The monoisotopic (exact) mass is 279 g/mol. The molecular formula is C13H7F2NO4. The van der Waals surface area contributed by atoms with E-state index in [9.17, 15) is 23.7 Å². The predicted molar refractivity (Wildman–Crippen MR) is 65.4 cm³/mol. The third-order valence-electron chi connectivity index (χ3n) is 2.67. The Kier molecular flexibility index (Phi) is 3.43. The van der Waals surface area contributed by atoms with E-state index in [0.29, 0.717) is 6.07 Å². The summed E-state index contributed by atoms with van der Waals surface area (Å²) < 4.78 is 27.9. The van der Waals surface area contributed by atoms with Gasteiger partial charge in [-0.3, -0.25) is 10.1 Å². The molecule has 102 valence electrons. The van der Waals surface area contributed by atoms with Gasteiger partial charge in [-0.1, -0.05) is 30.3 Å². The van der Waals surface area contributed by atoms with Crippen LogP contribution in [-0.4, -0.2) is 16.0 Å². The predicted octanol–water partition coefficient (Wildman–Crippen LogP) is 3.24. The van der Waals surface area contributed by atoms with Gasteiger partial charge in [-0.25, -0.2) is 9.18 Å². The van der Waals surface area contributed by atoms with Crippen LogP contribution in [0.3, 0.4) is 0 Å². The molecule has 0 aliphatic rings. The summed E-state index contributed by atoms with van der Waals surface area (Å²) in [7, 11) is 0. The Balaban J connectivity index is 2.81. The largest absolute Gasteiger partial charge is 0.477 e. The van der Waals surface area contributed by atoms with Crippen LogP contribution in [0.5, 0.6) is 0 Å². The second-order valence-corrected chi connectivity index (χ2v) is 3.87. The van der Waals surface area contributed by atoms with Gasteiger partial charge >= 0.3 is 11.7 Å². The summed E-state index contributed by atoms with van der Waals surface area (Å²) in [5.74, 6) is -4.63. The van der Waals surface area contributed by atoms with Crippen molar-refractivity contribution in [3.05, 3.63) is 63.7 Å². The van der Waals surface area contributed by atoms with Gasteiger partial charge < -0.3 is 5.11 Å². The molecule has 0 amide bonds. The normalized spacial score (nSPS) is 10.3. The number of carbonyl (C=O) groups is 1. The SMILES string of the molecule is O=C(O)c1c(F)cc(-c2ccccc2)c(F)c1[N+](=O)[O-]. The van der Waals surface area contributed by atoms with E-state index in [1.54, 1.807) is 18.2 Å². The first kappa shape index (κ1) is 13.6. The van der Waals surface area contributed by atoms with Crippen LogP contribution in [0.2, 0.25) is 0 Å². The van der Waals surface area contributed by atoms with E-state index in [4.69, 9.17) is 5.11 Å². The molecule has 0 bridgehead atoms. The van der Waals surface area contributed by atoms with Crippen molar-refractivity contribution in [1.29, 1.82) is 0 Å². The number of nitrogens with zero attached hydrogens (tertiary/aromatic N) is 1. The van der Waals surface area contributed by atoms with Crippen molar-refractivity contribution in [2.75, 3.05) is 0 Å². The Bertz CT molecular complexity index is 701.